The average molecular weight is 433 g/mol. The smallest absolute Gasteiger partial charge is 0.243 e. The zero-order chi connectivity index (χ0) is 22.3. The molecule has 0 bridgehead atoms. The number of hydrogen-bond acceptors (Lipinski definition) is 5. The molecule has 172 valence electrons. The van der Waals surface area contributed by atoms with E-state index >= 15 is 0 Å². The van der Waals surface area contributed by atoms with Crippen molar-refractivity contribution in [2.24, 2.45) is 10.9 Å². The maximum atomic E-state index is 12.1. The number of hydrogen-bond donors (Lipinski definition) is 1. The Labute approximate surface area is 185 Å². The van der Waals surface area contributed by atoms with Gasteiger partial charge in [0, 0.05) is 39.6 Å². The fraction of sp³-hybridized carbons (Fsp3) is 0.652. The standard InChI is InChI=1S/C23H36N4O4/c1-23(30-14-15-31-23)19-6-5-13-27(17-19)22(25-16-21(28)26(2)3)24-12-11-18-7-9-20(29-4)10-8-18/h7-10,19H,5-6,11-17H2,1-4H3,(H,24,25). The molecule has 0 aromatic heterocycles. The molecule has 0 saturated carbocycles. The number of guanidine groups is 1. The molecule has 31 heavy (non-hydrogen) atoms. The van der Waals surface area contributed by atoms with Crippen LogP contribution < -0.4 is 10.1 Å². The zero-order valence-corrected chi connectivity index (χ0v) is 19.2. The highest BCUT2D eigenvalue weighted by atomic mass is 16.7. The molecule has 2 aliphatic rings. The first-order valence-electron chi connectivity index (χ1n) is 11.1. The lowest BCUT2D eigenvalue weighted by atomic mass is 9.90. The van der Waals surface area contributed by atoms with Crippen molar-refractivity contribution in [1.82, 2.24) is 15.1 Å². The minimum atomic E-state index is -0.535. The Morgan fingerprint density at radius 2 is 2.00 bits per heavy atom. The fourth-order valence-electron chi connectivity index (χ4n) is 4.03. The number of likely N-dealkylation sites (tertiary alicyclic amines) is 1. The monoisotopic (exact) mass is 432 g/mol. The van der Waals surface area contributed by atoms with E-state index in [4.69, 9.17) is 14.2 Å². The molecule has 8 nitrogen and oxygen atoms in total. The maximum Gasteiger partial charge on any atom is 0.243 e. The molecule has 8 heteroatoms. The van der Waals surface area contributed by atoms with Crippen molar-refractivity contribution in [3.8, 4) is 5.75 Å². The largest absolute Gasteiger partial charge is 0.497 e. The van der Waals surface area contributed by atoms with Crippen molar-refractivity contribution < 1.29 is 19.0 Å². The quantitative estimate of drug-likeness (QED) is 0.523. The number of methoxy groups -OCH3 is 1. The maximum absolute atomic E-state index is 12.1. The summed E-state index contributed by atoms with van der Waals surface area (Å²) in [7, 11) is 5.17. The van der Waals surface area contributed by atoms with Crippen LogP contribution in [0.3, 0.4) is 0 Å². The summed E-state index contributed by atoms with van der Waals surface area (Å²) in [6, 6.07) is 8.08. The molecular formula is C23H36N4O4. The third-order valence-corrected chi connectivity index (χ3v) is 6.04. The minimum Gasteiger partial charge on any atom is -0.497 e. The van der Waals surface area contributed by atoms with Gasteiger partial charge in [-0.15, -0.1) is 0 Å². The van der Waals surface area contributed by atoms with Crippen LogP contribution in [0.2, 0.25) is 0 Å². The highest BCUT2D eigenvalue weighted by Crippen LogP contribution is 2.34. The van der Waals surface area contributed by atoms with Crippen molar-refractivity contribution in [3.05, 3.63) is 29.8 Å². The summed E-state index contributed by atoms with van der Waals surface area (Å²) in [4.78, 5) is 20.6. The Kier molecular flexibility index (Phi) is 8.15. The van der Waals surface area contributed by atoms with Crippen molar-refractivity contribution in [1.29, 1.82) is 0 Å². The molecule has 1 amide bonds. The van der Waals surface area contributed by atoms with Gasteiger partial charge in [0.05, 0.1) is 20.3 Å². The van der Waals surface area contributed by atoms with Crippen molar-refractivity contribution in [2.45, 2.75) is 32.0 Å². The van der Waals surface area contributed by atoms with E-state index in [1.165, 1.54) is 5.56 Å². The van der Waals surface area contributed by atoms with E-state index in [1.54, 1.807) is 26.1 Å². The summed E-state index contributed by atoms with van der Waals surface area (Å²) in [6.07, 6.45) is 2.95. The molecule has 0 aliphatic carbocycles. The third-order valence-electron chi connectivity index (χ3n) is 6.04. The van der Waals surface area contributed by atoms with Crippen LogP contribution in [0, 0.1) is 5.92 Å². The Morgan fingerprint density at radius 3 is 2.65 bits per heavy atom. The Balaban J connectivity index is 1.64. The number of carbonyl (C=O) groups is 1. The molecule has 1 atom stereocenters. The lowest BCUT2D eigenvalue weighted by molar-refractivity contribution is -0.189. The van der Waals surface area contributed by atoms with E-state index in [-0.39, 0.29) is 18.4 Å². The number of nitrogens with zero attached hydrogens (tertiary/aromatic N) is 3. The number of ether oxygens (including phenoxy) is 3. The van der Waals surface area contributed by atoms with E-state index < -0.39 is 5.79 Å². The number of nitrogens with one attached hydrogen (secondary N) is 1. The van der Waals surface area contributed by atoms with Crippen LogP contribution in [0.1, 0.15) is 25.3 Å². The first-order valence-corrected chi connectivity index (χ1v) is 11.1. The summed E-state index contributed by atoms with van der Waals surface area (Å²) in [5.74, 6) is 1.34. The van der Waals surface area contributed by atoms with Gasteiger partial charge in [-0.3, -0.25) is 4.79 Å². The van der Waals surface area contributed by atoms with Crippen LogP contribution in [0.25, 0.3) is 0 Å². The van der Waals surface area contributed by atoms with Crippen molar-refractivity contribution >= 4 is 11.9 Å². The van der Waals surface area contributed by atoms with Gasteiger partial charge in [-0.05, 0) is 43.9 Å². The SMILES string of the molecule is COc1ccc(CCNC(=NCC(=O)N(C)C)N2CCCC(C3(C)OCCO3)C2)cc1. The fourth-order valence-corrected chi connectivity index (χ4v) is 4.03. The summed E-state index contributed by atoms with van der Waals surface area (Å²) in [5, 5.41) is 3.48. The number of rotatable bonds is 7. The van der Waals surface area contributed by atoms with Gasteiger partial charge in [-0.2, -0.15) is 0 Å². The number of piperidine rings is 1. The Morgan fingerprint density at radius 1 is 1.29 bits per heavy atom. The van der Waals surface area contributed by atoms with E-state index in [9.17, 15) is 4.79 Å². The van der Waals surface area contributed by atoms with Crippen LogP contribution in [-0.4, -0.2) is 88.1 Å². The Bertz CT molecular complexity index is 744. The van der Waals surface area contributed by atoms with Gasteiger partial charge < -0.3 is 29.3 Å². The van der Waals surface area contributed by atoms with Gasteiger partial charge in [0.1, 0.15) is 12.3 Å². The van der Waals surface area contributed by atoms with Crippen LogP contribution >= 0.6 is 0 Å². The lowest BCUT2D eigenvalue weighted by Gasteiger charge is -2.41. The number of likely N-dealkylation sites (N-methyl/N-ethyl adjacent to an activating group) is 1. The number of carbonyl (C=O) groups excluding carboxylic acids is 1. The number of amides is 1. The topological polar surface area (TPSA) is 75.6 Å². The molecule has 2 saturated heterocycles. The molecule has 1 aromatic carbocycles. The molecule has 2 heterocycles. The van der Waals surface area contributed by atoms with Crippen LogP contribution in [-0.2, 0) is 20.7 Å². The molecule has 1 unspecified atom stereocenters. The Hall–Kier alpha value is -2.32. The second kappa shape index (κ2) is 10.8. The molecule has 1 aromatic rings. The summed E-state index contributed by atoms with van der Waals surface area (Å²) < 4.78 is 17.1. The average Bonchev–Trinajstić information content (AvgIpc) is 3.24. The molecule has 2 fully saturated rings. The van der Waals surface area contributed by atoms with Gasteiger partial charge in [0.25, 0.3) is 0 Å². The summed E-state index contributed by atoms with van der Waals surface area (Å²) in [5.41, 5.74) is 1.22. The van der Waals surface area contributed by atoms with Gasteiger partial charge >= 0.3 is 0 Å². The first-order chi connectivity index (χ1) is 14.9. The van der Waals surface area contributed by atoms with E-state index in [0.29, 0.717) is 13.2 Å². The van der Waals surface area contributed by atoms with Gasteiger partial charge in [0.2, 0.25) is 5.91 Å². The minimum absolute atomic E-state index is 0.0163. The van der Waals surface area contributed by atoms with Crippen LogP contribution in [0.5, 0.6) is 5.75 Å². The van der Waals surface area contributed by atoms with E-state index in [1.807, 2.05) is 19.1 Å². The molecule has 0 spiro atoms. The van der Waals surface area contributed by atoms with Gasteiger partial charge in [-0.25, -0.2) is 4.99 Å². The van der Waals surface area contributed by atoms with Crippen LogP contribution in [0.15, 0.2) is 29.3 Å². The second-order valence-electron chi connectivity index (χ2n) is 8.45. The lowest BCUT2D eigenvalue weighted by Crippen LogP contribution is -2.52. The first kappa shape index (κ1) is 23.3. The highest BCUT2D eigenvalue weighted by Gasteiger charge is 2.42. The zero-order valence-electron chi connectivity index (χ0n) is 19.2. The van der Waals surface area contributed by atoms with E-state index in [0.717, 1.165) is 50.6 Å². The van der Waals surface area contributed by atoms with Gasteiger partial charge in [0.15, 0.2) is 11.7 Å². The molecule has 3 rings (SSSR count). The molecule has 2 aliphatic heterocycles. The molecule has 0 radical (unpaired) electrons. The van der Waals surface area contributed by atoms with E-state index in [2.05, 4.69) is 27.3 Å². The van der Waals surface area contributed by atoms with Crippen LogP contribution in [0.4, 0.5) is 0 Å². The molecular weight excluding hydrogens is 396 g/mol. The molecule has 1 N–H and O–H groups in total. The number of benzene rings is 1. The highest BCUT2D eigenvalue weighted by molar-refractivity contribution is 5.85. The van der Waals surface area contributed by atoms with Crippen molar-refractivity contribution in [3.63, 3.8) is 0 Å². The number of aliphatic imine (C=N–C) groups is 1. The van der Waals surface area contributed by atoms with Crippen molar-refractivity contribution in [2.75, 3.05) is 60.6 Å². The third kappa shape index (κ3) is 6.33. The van der Waals surface area contributed by atoms with Gasteiger partial charge in [-0.1, -0.05) is 12.1 Å². The predicted molar refractivity (Wildman–Crippen MR) is 120 cm³/mol. The summed E-state index contributed by atoms with van der Waals surface area (Å²) >= 11 is 0. The summed E-state index contributed by atoms with van der Waals surface area (Å²) in [6.45, 7) is 5.88. The predicted octanol–water partition coefficient (Wildman–Crippen LogP) is 1.75. The second-order valence-corrected chi connectivity index (χ2v) is 8.45. The normalized spacial score (nSPS) is 21.1.